The highest BCUT2D eigenvalue weighted by atomic mass is 19.1. The molecular formula is C21H29FN2O2. The van der Waals surface area contributed by atoms with Crippen LogP contribution in [-0.2, 0) is 9.59 Å². The summed E-state index contributed by atoms with van der Waals surface area (Å²) in [5, 5.41) is 3.05. The van der Waals surface area contributed by atoms with Gasteiger partial charge in [0.2, 0.25) is 11.8 Å². The molecule has 0 spiro atoms. The molecule has 142 valence electrons. The van der Waals surface area contributed by atoms with Crippen molar-refractivity contribution in [1.82, 2.24) is 10.2 Å². The van der Waals surface area contributed by atoms with Gasteiger partial charge in [0.1, 0.15) is 11.9 Å². The summed E-state index contributed by atoms with van der Waals surface area (Å²) < 4.78 is 13.8. The van der Waals surface area contributed by atoms with Crippen LogP contribution < -0.4 is 5.32 Å². The van der Waals surface area contributed by atoms with Crippen LogP contribution in [0, 0.1) is 17.7 Å². The average molecular weight is 360 g/mol. The fraction of sp³-hybridized carbons (Fsp3) is 0.524. The van der Waals surface area contributed by atoms with Crippen LogP contribution in [0.25, 0.3) is 6.08 Å². The third kappa shape index (κ3) is 5.41. The summed E-state index contributed by atoms with van der Waals surface area (Å²) in [5.74, 6) is 0.00112. The minimum atomic E-state index is -0.476. The number of benzene rings is 1. The lowest BCUT2D eigenvalue weighted by Crippen LogP contribution is -2.61. The molecule has 0 saturated carbocycles. The topological polar surface area (TPSA) is 49.4 Å². The molecule has 1 heterocycles. The summed E-state index contributed by atoms with van der Waals surface area (Å²) in [4.78, 5) is 27.0. The van der Waals surface area contributed by atoms with Crippen molar-refractivity contribution in [3.63, 3.8) is 0 Å². The molecule has 2 atom stereocenters. The molecule has 1 aliphatic heterocycles. The molecule has 1 aliphatic rings. The molecule has 5 heteroatoms. The second-order valence-corrected chi connectivity index (χ2v) is 7.83. The first-order chi connectivity index (χ1) is 12.3. The predicted octanol–water partition coefficient (Wildman–Crippen LogP) is 3.63. The van der Waals surface area contributed by atoms with Gasteiger partial charge in [0, 0.05) is 24.2 Å². The van der Waals surface area contributed by atoms with E-state index in [4.69, 9.17) is 0 Å². The fourth-order valence-corrected chi connectivity index (χ4v) is 3.34. The van der Waals surface area contributed by atoms with E-state index in [1.807, 2.05) is 13.8 Å². The fourth-order valence-electron chi connectivity index (χ4n) is 3.34. The first-order valence-corrected chi connectivity index (χ1v) is 9.31. The van der Waals surface area contributed by atoms with Crippen LogP contribution in [-0.4, -0.2) is 35.3 Å². The van der Waals surface area contributed by atoms with Crippen molar-refractivity contribution >= 4 is 17.9 Å². The standard InChI is InChI=1S/C21H29FN2O2/c1-14(2)11-17-13-24(19(12-15(3)4)21(26)23-17)20(25)10-9-16-7-5-6-8-18(16)22/h5-10,14-15,17,19H,11-13H2,1-4H3,(H,23,26)/t17-,19-/m0/s1. The molecule has 26 heavy (non-hydrogen) atoms. The lowest BCUT2D eigenvalue weighted by atomic mass is 9.95. The van der Waals surface area contributed by atoms with E-state index in [9.17, 15) is 14.0 Å². The van der Waals surface area contributed by atoms with Crippen LogP contribution >= 0.6 is 0 Å². The quantitative estimate of drug-likeness (QED) is 0.788. The maximum Gasteiger partial charge on any atom is 0.247 e. The van der Waals surface area contributed by atoms with Crippen molar-refractivity contribution in [1.29, 1.82) is 0 Å². The van der Waals surface area contributed by atoms with Gasteiger partial charge < -0.3 is 10.2 Å². The van der Waals surface area contributed by atoms with Crippen molar-refractivity contribution < 1.29 is 14.0 Å². The second-order valence-electron chi connectivity index (χ2n) is 7.83. The Morgan fingerprint density at radius 2 is 1.88 bits per heavy atom. The maximum atomic E-state index is 13.8. The van der Waals surface area contributed by atoms with E-state index < -0.39 is 6.04 Å². The van der Waals surface area contributed by atoms with Crippen LogP contribution in [0.15, 0.2) is 30.3 Å². The van der Waals surface area contributed by atoms with Gasteiger partial charge >= 0.3 is 0 Å². The molecule has 1 fully saturated rings. The number of rotatable bonds is 6. The molecule has 4 nitrogen and oxygen atoms in total. The third-order valence-electron chi connectivity index (χ3n) is 4.49. The number of nitrogens with zero attached hydrogens (tertiary/aromatic N) is 1. The molecule has 0 aliphatic carbocycles. The summed E-state index contributed by atoms with van der Waals surface area (Å²) in [6.45, 7) is 8.74. The smallest absolute Gasteiger partial charge is 0.247 e. The zero-order chi connectivity index (χ0) is 19.3. The molecule has 1 saturated heterocycles. The molecule has 0 unspecified atom stereocenters. The van der Waals surface area contributed by atoms with Crippen molar-refractivity contribution in [2.24, 2.45) is 11.8 Å². The Bertz CT molecular complexity index is 670. The number of piperazine rings is 1. The van der Waals surface area contributed by atoms with Gasteiger partial charge in [0.25, 0.3) is 0 Å². The maximum absolute atomic E-state index is 13.8. The van der Waals surface area contributed by atoms with Gasteiger partial charge in [-0.3, -0.25) is 9.59 Å². The van der Waals surface area contributed by atoms with E-state index in [1.54, 1.807) is 23.1 Å². The van der Waals surface area contributed by atoms with Crippen LogP contribution in [0.3, 0.4) is 0 Å². The first-order valence-electron chi connectivity index (χ1n) is 9.31. The monoisotopic (exact) mass is 360 g/mol. The third-order valence-corrected chi connectivity index (χ3v) is 4.49. The highest BCUT2D eigenvalue weighted by Gasteiger charge is 2.36. The van der Waals surface area contributed by atoms with Gasteiger partial charge in [-0.15, -0.1) is 0 Å². The Kier molecular flexibility index (Phi) is 6.95. The molecule has 1 N–H and O–H groups in total. The zero-order valence-electron chi connectivity index (χ0n) is 16.0. The van der Waals surface area contributed by atoms with Crippen LogP contribution in [0.2, 0.25) is 0 Å². The van der Waals surface area contributed by atoms with Crippen molar-refractivity contribution in [2.45, 2.75) is 52.6 Å². The van der Waals surface area contributed by atoms with Gasteiger partial charge in [-0.2, -0.15) is 0 Å². The average Bonchev–Trinajstić information content (AvgIpc) is 2.55. The largest absolute Gasteiger partial charge is 0.350 e. The highest BCUT2D eigenvalue weighted by Crippen LogP contribution is 2.20. The van der Waals surface area contributed by atoms with Crippen LogP contribution in [0.5, 0.6) is 0 Å². The number of halogens is 1. The summed E-state index contributed by atoms with van der Waals surface area (Å²) in [6, 6.07) is 5.79. The summed E-state index contributed by atoms with van der Waals surface area (Å²) in [6.07, 6.45) is 4.28. The molecule has 1 aromatic rings. The summed E-state index contributed by atoms with van der Waals surface area (Å²) in [5.41, 5.74) is 0.362. The van der Waals surface area contributed by atoms with E-state index >= 15 is 0 Å². The van der Waals surface area contributed by atoms with Gasteiger partial charge in [-0.1, -0.05) is 45.9 Å². The zero-order valence-corrected chi connectivity index (χ0v) is 16.0. The van der Waals surface area contributed by atoms with Crippen molar-refractivity contribution in [3.8, 4) is 0 Å². The molecule has 2 rings (SSSR count). The lowest BCUT2D eigenvalue weighted by molar-refractivity contribution is -0.142. The molecular weight excluding hydrogens is 331 g/mol. The van der Waals surface area contributed by atoms with Gasteiger partial charge in [0.05, 0.1) is 0 Å². The number of carbonyl (C=O) groups is 2. The normalized spacial score (nSPS) is 20.9. The Morgan fingerprint density at radius 1 is 1.23 bits per heavy atom. The minimum absolute atomic E-state index is 0.0447. The number of carbonyl (C=O) groups excluding carboxylic acids is 2. The number of hydrogen-bond donors (Lipinski definition) is 1. The lowest BCUT2D eigenvalue weighted by Gasteiger charge is -2.40. The summed E-state index contributed by atoms with van der Waals surface area (Å²) >= 11 is 0. The molecule has 0 aromatic heterocycles. The SMILES string of the molecule is CC(C)C[C@H]1CN(C(=O)C=Cc2ccccc2F)[C@@H](CC(C)C)C(=O)N1. The van der Waals surface area contributed by atoms with Gasteiger partial charge in [0.15, 0.2) is 0 Å². The van der Waals surface area contributed by atoms with E-state index in [-0.39, 0.29) is 23.7 Å². The number of amides is 2. The molecule has 0 bridgehead atoms. The Morgan fingerprint density at radius 3 is 2.50 bits per heavy atom. The van der Waals surface area contributed by atoms with Crippen molar-refractivity contribution in [3.05, 3.63) is 41.7 Å². The minimum Gasteiger partial charge on any atom is -0.350 e. The van der Waals surface area contributed by atoms with Crippen molar-refractivity contribution in [2.75, 3.05) is 6.54 Å². The summed E-state index contributed by atoms with van der Waals surface area (Å²) in [7, 11) is 0. The predicted molar refractivity (Wildman–Crippen MR) is 102 cm³/mol. The van der Waals surface area contributed by atoms with Crippen LogP contribution in [0.1, 0.15) is 46.1 Å². The molecule has 0 radical (unpaired) electrons. The first kappa shape index (κ1) is 20.1. The molecule has 1 aromatic carbocycles. The second kappa shape index (κ2) is 8.97. The van der Waals surface area contributed by atoms with E-state index in [0.29, 0.717) is 30.4 Å². The van der Waals surface area contributed by atoms with E-state index in [1.165, 1.54) is 18.2 Å². The molecule has 2 amide bonds. The van der Waals surface area contributed by atoms with E-state index in [2.05, 4.69) is 19.2 Å². The van der Waals surface area contributed by atoms with E-state index in [0.717, 1.165) is 6.42 Å². The van der Waals surface area contributed by atoms with Crippen LogP contribution in [0.4, 0.5) is 4.39 Å². The Hall–Kier alpha value is -2.17. The Balaban J connectivity index is 2.19. The number of hydrogen-bond acceptors (Lipinski definition) is 2. The number of nitrogens with one attached hydrogen (secondary N) is 1. The van der Waals surface area contributed by atoms with Gasteiger partial charge in [-0.25, -0.2) is 4.39 Å². The Labute approximate surface area is 155 Å². The van der Waals surface area contributed by atoms with Gasteiger partial charge in [-0.05, 0) is 36.8 Å². The highest BCUT2D eigenvalue weighted by molar-refractivity contribution is 5.96.